The Bertz CT molecular complexity index is 508. The molecule has 2 atom stereocenters. The highest BCUT2D eigenvalue weighted by Crippen LogP contribution is 2.55. The van der Waals surface area contributed by atoms with Crippen molar-refractivity contribution in [1.82, 2.24) is 9.55 Å². The van der Waals surface area contributed by atoms with Crippen LogP contribution < -0.4 is 11.2 Å². The second-order valence-electron chi connectivity index (χ2n) is 3.83. The predicted molar refractivity (Wildman–Crippen MR) is 50.3 cm³/mol. The summed E-state index contributed by atoms with van der Waals surface area (Å²) in [7, 11) is 0. The highest BCUT2D eigenvalue weighted by atomic mass is 19.3. The molecule has 0 unspecified atom stereocenters. The van der Waals surface area contributed by atoms with Gasteiger partial charge in [-0.3, -0.25) is 9.78 Å². The van der Waals surface area contributed by atoms with Crippen LogP contribution in [-0.2, 0) is 6.54 Å². The summed E-state index contributed by atoms with van der Waals surface area (Å²) in [5, 5.41) is 8.68. The van der Waals surface area contributed by atoms with Crippen molar-refractivity contribution in [3.05, 3.63) is 33.1 Å². The Morgan fingerprint density at radius 2 is 2.12 bits per heavy atom. The summed E-state index contributed by atoms with van der Waals surface area (Å²) in [6.45, 7) is -0.802. The summed E-state index contributed by atoms with van der Waals surface area (Å²) in [4.78, 5) is 23.9. The maximum absolute atomic E-state index is 13.0. The summed E-state index contributed by atoms with van der Waals surface area (Å²) in [6, 6.07) is 1.09. The van der Waals surface area contributed by atoms with Crippen molar-refractivity contribution in [2.24, 2.45) is 11.8 Å². The first-order chi connectivity index (χ1) is 7.46. The van der Waals surface area contributed by atoms with Gasteiger partial charge in [0.1, 0.15) is 0 Å². The monoisotopic (exact) mass is 232 g/mol. The molecule has 2 N–H and O–H groups in total. The van der Waals surface area contributed by atoms with Crippen LogP contribution in [0.2, 0.25) is 0 Å². The lowest BCUT2D eigenvalue weighted by molar-refractivity contribution is 0.0701. The Morgan fingerprint density at radius 1 is 1.44 bits per heavy atom. The van der Waals surface area contributed by atoms with Crippen LogP contribution in [0.3, 0.4) is 0 Å². The van der Waals surface area contributed by atoms with E-state index in [1.54, 1.807) is 0 Å². The van der Waals surface area contributed by atoms with Gasteiger partial charge in [0, 0.05) is 18.8 Å². The van der Waals surface area contributed by atoms with Crippen molar-refractivity contribution >= 4 is 0 Å². The lowest BCUT2D eigenvalue weighted by atomic mass is 10.3. The molecule has 1 saturated carbocycles. The van der Waals surface area contributed by atoms with E-state index in [2.05, 4.69) is 0 Å². The van der Waals surface area contributed by atoms with Crippen molar-refractivity contribution in [3.63, 3.8) is 0 Å². The second kappa shape index (κ2) is 3.51. The first-order valence-corrected chi connectivity index (χ1v) is 4.75. The van der Waals surface area contributed by atoms with E-state index in [0.717, 1.165) is 10.6 Å². The summed E-state index contributed by atoms with van der Waals surface area (Å²) in [5.41, 5.74) is -1.28. The van der Waals surface area contributed by atoms with Crippen LogP contribution in [0.5, 0.6) is 0 Å². The van der Waals surface area contributed by atoms with Crippen molar-refractivity contribution < 1.29 is 13.9 Å². The van der Waals surface area contributed by atoms with E-state index in [0.29, 0.717) is 0 Å². The van der Waals surface area contributed by atoms with Gasteiger partial charge in [0.05, 0.1) is 18.4 Å². The fourth-order valence-corrected chi connectivity index (χ4v) is 1.76. The minimum Gasteiger partial charge on any atom is -0.396 e. The zero-order valence-electron chi connectivity index (χ0n) is 8.19. The third kappa shape index (κ3) is 1.67. The molecule has 5 nitrogen and oxygen atoms in total. The summed E-state index contributed by atoms with van der Waals surface area (Å²) in [6.07, 6.45) is 1.17. The van der Waals surface area contributed by atoms with Gasteiger partial charge in [-0.15, -0.1) is 0 Å². The zero-order chi connectivity index (χ0) is 11.9. The van der Waals surface area contributed by atoms with Crippen LogP contribution in [0.15, 0.2) is 21.9 Å². The van der Waals surface area contributed by atoms with E-state index in [4.69, 9.17) is 5.11 Å². The number of alkyl halides is 2. The minimum atomic E-state index is -2.93. The Labute approximate surface area is 88.3 Å². The SMILES string of the molecule is O=c1ccn(C[C@H]2[C@H](CO)C2(F)F)c(=O)[nH]1. The maximum Gasteiger partial charge on any atom is 0.328 e. The topological polar surface area (TPSA) is 75.1 Å². The molecule has 7 heteroatoms. The lowest BCUT2D eigenvalue weighted by Crippen LogP contribution is -2.29. The van der Waals surface area contributed by atoms with Gasteiger partial charge in [-0.2, -0.15) is 0 Å². The molecule has 0 radical (unpaired) electrons. The number of aliphatic hydroxyl groups is 1. The van der Waals surface area contributed by atoms with Gasteiger partial charge in [0.15, 0.2) is 0 Å². The van der Waals surface area contributed by atoms with E-state index < -0.39 is 35.6 Å². The normalized spacial score (nSPS) is 26.7. The van der Waals surface area contributed by atoms with Crippen LogP contribution in [0, 0.1) is 11.8 Å². The quantitative estimate of drug-likeness (QED) is 0.731. The first kappa shape index (κ1) is 11.0. The standard InChI is InChI=1S/C9H10F2N2O3/c10-9(11)5(6(9)4-14)3-13-2-1-7(15)12-8(13)16/h1-2,5-6,14H,3-4H2,(H,12,15,16)/t5-,6-/m0/s1. The number of aromatic amines is 1. The van der Waals surface area contributed by atoms with E-state index in [1.807, 2.05) is 4.98 Å². The first-order valence-electron chi connectivity index (χ1n) is 4.75. The largest absolute Gasteiger partial charge is 0.396 e. The number of rotatable bonds is 3. The molecule has 88 valence electrons. The van der Waals surface area contributed by atoms with Gasteiger partial charge in [-0.05, 0) is 0 Å². The molecule has 0 spiro atoms. The summed E-state index contributed by atoms with van der Waals surface area (Å²) >= 11 is 0. The molecule has 1 heterocycles. The van der Waals surface area contributed by atoms with Crippen molar-refractivity contribution in [2.75, 3.05) is 6.61 Å². The maximum atomic E-state index is 13.0. The highest BCUT2D eigenvalue weighted by Gasteiger charge is 2.67. The number of hydrogen-bond acceptors (Lipinski definition) is 3. The van der Waals surface area contributed by atoms with Crippen molar-refractivity contribution in [1.29, 1.82) is 0 Å². The molecule has 1 aliphatic rings. The second-order valence-corrected chi connectivity index (χ2v) is 3.83. The minimum absolute atomic E-state index is 0.201. The van der Waals surface area contributed by atoms with Crippen LogP contribution >= 0.6 is 0 Å². The smallest absolute Gasteiger partial charge is 0.328 e. The number of nitrogens with one attached hydrogen (secondary N) is 1. The fraction of sp³-hybridized carbons (Fsp3) is 0.556. The highest BCUT2D eigenvalue weighted by molar-refractivity contribution is 5.05. The van der Waals surface area contributed by atoms with Crippen molar-refractivity contribution in [3.8, 4) is 0 Å². The number of H-pyrrole nitrogens is 1. The molecule has 0 aromatic carbocycles. The molecule has 16 heavy (non-hydrogen) atoms. The number of nitrogens with zero attached hydrogens (tertiary/aromatic N) is 1. The van der Waals surface area contributed by atoms with Crippen LogP contribution in [0.1, 0.15) is 0 Å². The average Bonchev–Trinajstić information content (AvgIpc) is 2.72. The molecule has 2 rings (SSSR count). The Hall–Kier alpha value is -1.50. The predicted octanol–water partition coefficient (Wildman–Crippen LogP) is -0.590. The van der Waals surface area contributed by atoms with Gasteiger partial charge in [0.25, 0.3) is 11.5 Å². The number of aliphatic hydroxyl groups excluding tert-OH is 1. The molecule has 1 aromatic rings. The van der Waals surface area contributed by atoms with Gasteiger partial charge in [-0.1, -0.05) is 0 Å². The fourth-order valence-electron chi connectivity index (χ4n) is 1.76. The molecule has 1 aromatic heterocycles. The summed E-state index contributed by atoms with van der Waals surface area (Å²) < 4.78 is 27.0. The Morgan fingerprint density at radius 3 is 2.62 bits per heavy atom. The molecular formula is C9H10F2N2O3. The third-order valence-electron chi connectivity index (χ3n) is 2.85. The number of hydrogen-bond donors (Lipinski definition) is 2. The number of aromatic nitrogens is 2. The molecule has 0 bridgehead atoms. The van der Waals surface area contributed by atoms with E-state index >= 15 is 0 Å². The van der Waals surface area contributed by atoms with Gasteiger partial charge in [0.2, 0.25) is 0 Å². The van der Waals surface area contributed by atoms with E-state index in [9.17, 15) is 18.4 Å². The molecule has 0 aliphatic heterocycles. The van der Waals surface area contributed by atoms with Gasteiger partial charge >= 0.3 is 5.69 Å². The van der Waals surface area contributed by atoms with Crippen LogP contribution in [-0.4, -0.2) is 27.2 Å². The third-order valence-corrected chi connectivity index (χ3v) is 2.85. The molecule has 1 aliphatic carbocycles. The molecule has 0 amide bonds. The summed E-state index contributed by atoms with van der Waals surface area (Å²) in [5.74, 6) is -5.06. The zero-order valence-corrected chi connectivity index (χ0v) is 8.19. The van der Waals surface area contributed by atoms with Gasteiger partial charge in [-0.25, -0.2) is 13.6 Å². The average molecular weight is 232 g/mol. The Kier molecular flexibility index (Phi) is 2.42. The van der Waals surface area contributed by atoms with Gasteiger partial charge < -0.3 is 9.67 Å². The molecule has 0 saturated heterocycles. The van der Waals surface area contributed by atoms with Crippen LogP contribution in [0.25, 0.3) is 0 Å². The molecular weight excluding hydrogens is 222 g/mol. The van der Waals surface area contributed by atoms with E-state index in [1.165, 1.54) is 6.20 Å². The lowest BCUT2D eigenvalue weighted by Gasteiger charge is -2.02. The van der Waals surface area contributed by atoms with Crippen molar-refractivity contribution in [2.45, 2.75) is 12.5 Å². The van der Waals surface area contributed by atoms with Crippen LogP contribution in [0.4, 0.5) is 8.78 Å². The molecule has 1 fully saturated rings. The Balaban J connectivity index is 2.18. The number of halogens is 2. The van der Waals surface area contributed by atoms with E-state index in [-0.39, 0.29) is 6.54 Å².